The number of nitrogens with zero attached hydrogens (tertiary/aromatic N) is 5. The highest BCUT2D eigenvalue weighted by Gasteiger charge is 2.33. The molecule has 1 aliphatic rings. The van der Waals surface area contributed by atoms with Crippen molar-refractivity contribution in [2.75, 3.05) is 5.75 Å². The van der Waals surface area contributed by atoms with E-state index in [9.17, 15) is 18.6 Å². The van der Waals surface area contributed by atoms with Crippen LogP contribution in [0.4, 0.5) is 0 Å². The summed E-state index contributed by atoms with van der Waals surface area (Å²) in [5.74, 6) is 0.686. The molecule has 6 aromatic rings. The zero-order valence-electron chi connectivity index (χ0n) is 26.0. The fraction of sp³-hybridized carbons (Fsp3) is 0.200. The van der Waals surface area contributed by atoms with E-state index < -0.39 is 16.3 Å². The number of ether oxygens (including phenoxy) is 2. The maximum absolute atomic E-state index is 13.2. The molecule has 0 amide bonds. The van der Waals surface area contributed by atoms with E-state index in [-0.39, 0.29) is 36.0 Å². The summed E-state index contributed by atoms with van der Waals surface area (Å²) in [6, 6.07) is 30.4. The van der Waals surface area contributed by atoms with Crippen molar-refractivity contribution < 1.29 is 28.1 Å². The Hall–Kier alpha value is -4.70. The van der Waals surface area contributed by atoms with Gasteiger partial charge in [0.05, 0.1) is 30.0 Å². The van der Waals surface area contributed by atoms with Crippen LogP contribution in [0.15, 0.2) is 119 Å². The molecule has 0 bridgehead atoms. The molecule has 14 heteroatoms. The quantitative estimate of drug-likeness (QED) is 0.152. The standard InChI is InChI=1S/C35H32N6O6S2/c42-21-24-8-10-25(11-9-24)31-19-30(22-48-35-38-39-40-41(35)28-14-16-29(43)17-15-28)46-34(47-31)27-12-6-23(7-13-27)20-37-49(44,45)32-5-1-3-26-4-2-18-36-33(26)32/h1-18,30-31,34,37,42-43H,19-22H2. The van der Waals surface area contributed by atoms with Gasteiger partial charge in [0.1, 0.15) is 10.6 Å². The van der Waals surface area contributed by atoms with Gasteiger partial charge in [-0.2, -0.15) is 4.68 Å². The van der Waals surface area contributed by atoms with Crippen LogP contribution in [0.25, 0.3) is 16.6 Å². The molecule has 12 nitrogen and oxygen atoms in total. The first-order chi connectivity index (χ1) is 23.9. The number of pyridine rings is 1. The Bertz CT molecular complexity index is 2140. The molecule has 2 aromatic heterocycles. The van der Waals surface area contributed by atoms with Gasteiger partial charge in [0, 0.05) is 35.9 Å². The summed E-state index contributed by atoms with van der Waals surface area (Å²) in [6.07, 6.45) is 0.936. The topological polar surface area (TPSA) is 162 Å². The number of benzene rings is 4. The second kappa shape index (κ2) is 14.4. The Labute approximate surface area is 286 Å². The highest BCUT2D eigenvalue weighted by Crippen LogP contribution is 2.39. The van der Waals surface area contributed by atoms with Crippen molar-refractivity contribution in [1.82, 2.24) is 29.9 Å². The maximum Gasteiger partial charge on any atom is 0.243 e. The molecule has 1 saturated heterocycles. The number of hydrogen-bond donors (Lipinski definition) is 3. The predicted octanol–water partition coefficient (Wildman–Crippen LogP) is 5.22. The van der Waals surface area contributed by atoms with Crippen LogP contribution in [0.2, 0.25) is 0 Å². The summed E-state index contributed by atoms with van der Waals surface area (Å²) in [5.41, 5.74) is 4.46. The molecular weight excluding hydrogens is 665 g/mol. The van der Waals surface area contributed by atoms with Gasteiger partial charge in [-0.3, -0.25) is 4.98 Å². The summed E-state index contributed by atoms with van der Waals surface area (Å²) in [6.45, 7) is 0.0426. The average molecular weight is 697 g/mol. The van der Waals surface area contributed by atoms with Gasteiger partial charge in [-0.05, 0) is 63.5 Å². The monoisotopic (exact) mass is 696 g/mol. The van der Waals surface area contributed by atoms with E-state index in [0.29, 0.717) is 28.5 Å². The summed E-state index contributed by atoms with van der Waals surface area (Å²) < 4.78 is 43.7. The van der Waals surface area contributed by atoms with Gasteiger partial charge in [-0.1, -0.05) is 78.5 Å². The Morgan fingerprint density at radius 2 is 1.61 bits per heavy atom. The largest absolute Gasteiger partial charge is 0.508 e. The number of thioether (sulfide) groups is 1. The molecular formula is C35H32N6O6S2. The third-order valence-corrected chi connectivity index (χ3v) is 10.6. The number of tetrazole rings is 1. The van der Waals surface area contributed by atoms with Gasteiger partial charge in [0.15, 0.2) is 6.29 Å². The molecule has 7 rings (SSSR count). The zero-order valence-corrected chi connectivity index (χ0v) is 27.7. The van der Waals surface area contributed by atoms with Gasteiger partial charge in [-0.15, -0.1) is 5.10 Å². The first-order valence-corrected chi connectivity index (χ1v) is 18.0. The van der Waals surface area contributed by atoms with Gasteiger partial charge in [0.25, 0.3) is 0 Å². The molecule has 3 N–H and O–H groups in total. The number of aromatic nitrogens is 5. The fourth-order valence-corrected chi connectivity index (χ4v) is 7.66. The lowest BCUT2D eigenvalue weighted by Gasteiger charge is -2.36. The van der Waals surface area contributed by atoms with Crippen molar-refractivity contribution in [1.29, 1.82) is 0 Å². The highest BCUT2D eigenvalue weighted by molar-refractivity contribution is 7.99. The number of rotatable bonds is 11. The van der Waals surface area contributed by atoms with Crippen LogP contribution in [0, 0.1) is 0 Å². The van der Waals surface area contributed by atoms with Crippen LogP contribution in [0.3, 0.4) is 0 Å². The first kappa shape index (κ1) is 32.8. The first-order valence-electron chi connectivity index (χ1n) is 15.5. The molecule has 1 aliphatic heterocycles. The molecule has 0 saturated carbocycles. The van der Waals surface area contributed by atoms with Crippen molar-refractivity contribution in [3.63, 3.8) is 0 Å². The lowest BCUT2D eigenvalue weighted by Crippen LogP contribution is -2.31. The number of phenols is 1. The minimum absolute atomic E-state index is 0.0477. The summed E-state index contributed by atoms with van der Waals surface area (Å²) in [4.78, 5) is 4.41. The Morgan fingerprint density at radius 3 is 2.39 bits per heavy atom. The molecule has 3 atom stereocenters. The van der Waals surface area contributed by atoms with E-state index >= 15 is 0 Å². The van der Waals surface area contributed by atoms with Crippen LogP contribution < -0.4 is 4.72 Å². The third-order valence-electron chi connectivity index (χ3n) is 8.15. The number of sulfonamides is 1. The van der Waals surface area contributed by atoms with Crippen molar-refractivity contribution in [2.45, 2.75) is 48.1 Å². The Kier molecular flexibility index (Phi) is 9.66. The van der Waals surface area contributed by atoms with Crippen LogP contribution in [0.5, 0.6) is 5.75 Å². The van der Waals surface area contributed by atoms with E-state index in [4.69, 9.17) is 9.47 Å². The van der Waals surface area contributed by atoms with Crippen molar-refractivity contribution >= 4 is 32.7 Å². The lowest BCUT2D eigenvalue weighted by atomic mass is 10.0. The number of aliphatic hydroxyl groups excluding tert-OH is 1. The number of nitrogens with one attached hydrogen (secondary N) is 1. The number of hydrogen-bond acceptors (Lipinski definition) is 11. The molecule has 250 valence electrons. The Balaban J connectivity index is 1.06. The molecule has 0 aliphatic carbocycles. The average Bonchev–Trinajstić information content (AvgIpc) is 3.62. The molecule has 0 radical (unpaired) electrons. The van der Waals surface area contributed by atoms with Gasteiger partial charge in [0.2, 0.25) is 15.2 Å². The molecule has 0 spiro atoms. The number of aromatic hydroxyl groups is 1. The SMILES string of the molecule is O=S(=O)(NCc1ccc(C2OC(CSc3nnnn3-c3ccc(O)cc3)CC(c3ccc(CO)cc3)O2)cc1)c1cccc2cccnc12. The number of phenolic OH excluding ortho intramolecular Hbond substituents is 1. The second-order valence-electron chi connectivity index (χ2n) is 11.4. The number of aliphatic hydroxyl groups is 1. The Morgan fingerprint density at radius 1 is 0.878 bits per heavy atom. The van der Waals surface area contributed by atoms with E-state index in [1.54, 1.807) is 53.3 Å². The zero-order chi connectivity index (χ0) is 33.8. The molecule has 49 heavy (non-hydrogen) atoms. The van der Waals surface area contributed by atoms with Crippen LogP contribution in [-0.2, 0) is 32.6 Å². The van der Waals surface area contributed by atoms with E-state index in [2.05, 4.69) is 25.2 Å². The summed E-state index contributed by atoms with van der Waals surface area (Å²) in [5, 5.41) is 32.7. The number of fused-ring (bicyclic) bond motifs is 1. The van der Waals surface area contributed by atoms with E-state index in [0.717, 1.165) is 27.6 Å². The molecule has 3 heterocycles. The third kappa shape index (κ3) is 7.49. The molecule has 1 fully saturated rings. The molecule has 3 unspecified atom stereocenters. The van der Waals surface area contributed by atoms with E-state index in [1.165, 1.54) is 11.8 Å². The van der Waals surface area contributed by atoms with E-state index in [1.807, 2.05) is 60.7 Å². The van der Waals surface area contributed by atoms with Crippen molar-refractivity contribution in [3.05, 3.63) is 132 Å². The minimum atomic E-state index is -3.82. The predicted molar refractivity (Wildman–Crippen MR) is 182 cm³/mol. The maximum atomic E-state index is 13.2. The van der Waals surface area contributed by atoms with Crippen LogP contribution in [-0.4, -0.2) is 55.7 Å². The van der Waals surface area contributed by atoms with Crippen LogP contribution in [0.1, 0.15) is 41.1 Å². The normalized spacial score (nSPS) is 18.1. The summed E-state index contributed by atoms with van der Waals surface area (Å²) in [7, 11) is -3.82. The number of para-hydroxylation sites is 1. The summed E-state index contributed by atoms with van der Waals surface area (Å²) >= 11 is 1.45. The molecule has 4 aromatic carbocycles. The van der Waals surface area contributed by atoms with Gasteiger partial charge < -0.3 is 19.7 Å². The van der Waals surface area contributed by atoms with Crippen molar-refractivity contribution in [2.24, 2.45) is 0 Å². The fourth-order valence-electron chi connectivity index (χ4n) is 5.56. The van der Waals surface area contributed by atoms with Crippen molar-refractivity contribution in [3.8, 4) is 11.4 Å². The second-order valence-corrected chi connectivity index (χ2v) is 14.2. The van der Waals surface area contributed by atoms with Gasteiger partial charge >= 0.3 is 0 Å². The van der Waals surface area contributed by atoms with Crippen LogP contribution >= 0.6 is 11.8 Å². The van der Waals surface area contributed by atoms with Gasteiger partial charge in [-0.25, -0.2) is 13.1 Å². The highest BCUT2D eigenvalue weighted by atomic mass is 32.2. The smallest absolute Gasteiger partial charge is 0.243 e. The lowest BCUT2D eigenvalue weighted by molar-refractivity contribution is -0.245. The minimum Gasteiger partial charge on any atom is -0.508 e.